The molecule has 1 fully saturated rings. The summed E-state index contributed by atoms with van der Waals surface area (Å²) in [5.41, 5.74) is 1.06. The van der Waals surface area contributed by atoms with Crippen LogP contribution in [0.3, 0.4) is 0 Å². The highest BCUT2D eigenvalue weighted by Gasteiger charge is 2.29. The second-order valence-electron chi connectivity index (χ2n) is 6.08. The molecule has 1 aromatic carbocycles. The number of benzene rings is 1. The molecule has 1 aliphatic heterocycles. The Kier molecular flexibility index (Phi) is 6.81. The van der Waals surface area contributed by atoms with Crippen molar-refractivity contribution in [1.29, 1.82) is 0 Å². The van der Waals surface area contributed by atoms with Gasteiger partial charge in [-0.2, -0.15) is 0 Å². The molecule has 1 amide bonds. The maximum atomic E-state index is 11.7. The molecule has 7 nitrogen and oxygen atoms in total. The number of carbonyl (C=O) groups is 2. The molecule has 25 heavy (non-hydrogen) atoms. The Morgan fingerprint density at radius 1 is 1.24 bits per heavy atom. The first-order valence-electron chi connectivity index (χ1n) is 8.13. The number of sulfone groups is 1. The van der Waals surface area contributed by atoms with E-state index in [9.17, 15) is 18.0 Å². The van der Waals surface area contributed by atoms with Gasteiger partial charge in [-0.25, -0.2) is 8.42 Å². The minimum atomic E-state index is -3.01. The van der Waals surface area contributed by atoms with Gasteiger partial charge in [0, 0.05) is 13.0 Å². The van der Waals surface area contributed by atoms with Crippen molar-refractivity contribution >= 4 is 21.7 Å². The molecule has 138 valence electrons. The van der Waals surface area contributed by atoms with Gasteiger partial charge in [0.1, 0.15) is 5.75 Å². The van der Waals surface area contributed by atoms with Crippen LogP contribution in [0.15, 0.2) is 24.3 Å². The number of ether oxygens (including phenoxy) is 2. The fourth-order valence-electron chi connectivity index (χ4n) is 2.66. The van der Waals surface area contributed by atoms with E-state index >= 15 is 0 Å². The van der Waals surface area contributed by atoms with Gasteiger partial charge in [0.05, 0.1) is 18.6 Å². The molecule has 1 atom stereocenters. The third-order valence-electron chi connectivity index (χ3n) is 4.04. The van der Waals surface area contributed by atoms with Gasteiger partial charge < -0.3 is 14.8 Å². The molecule has 0 radical (unpaired) electrons. The average molecular weight is 369 g/mol. The first-order chi connectivity index (χ1) is 11.9. The number of rotatable bonds is 8. The highest BCUT2D eigenvalue weighted by molar-refractivity contribution is 7.91. The average Bonchev–Trinajstić information content (AvgIpc) is 2.92. The highest BCUT2D eigenvalue weighted by Crippen LogP contribution is 2.21. The Hall–Kier alpha value is -2.09. The van der Waals surface area contributed by atoms with Gasteiger partial charge in [0.15, 0.2) is 16.4 Å². The van der Waals surface area contributed by atoms with E-state index in [1.807, 2.05) is 24.3 Å². The summed E-state index contributed by atoms with van der Waals surface area (Å²) in [5.74, 6) is -0.189. The molecule has 0 saturated carbocycles. The fourth-order valence-corrected chi connectivity index (χ4v) is 4.53. The van der Waals surface area contributed by atoms with Crippen molar-refractivity contribution in [3.8, 4) is 5.75 Å². The lowest BCUT2D eigenvalue weighted by Gasteiger charge is -2.09. The van der Waals surface area contributed by atoms with Gasteiger partial charge in [-0.1, -0.05) is 12.1 Å². The first-order valence-corrected chi connectivity index (χ1v) is 9.96. The summed E-state index contributed by atoms with van der Waals surface area (Å²) < 4.78 is 32.7. The Bertz CT molecular complexity index is 698. The van der Waals surface area contributed by atoms with Gasteiger partial charge in [0.25, 0.3) is 5.91 Å². The first kappa shape index (κ1) is 19.2. The van der Waals surface area contributed by atoms with Crippen molar-refractivity contribution in [3.05, 3.63) is 29.8 Å². The standard InChI is InChI=1S/C17H23NO6S/c1-23-15-4-2-13(3-5-15)6-8-18-16(19)11-24-17(20)10-14-7-9-25(21,22)12-14/h2-5,14H,6-12H2,1H3,(H,18,19)/t14-/m1/s1. The van der Waals surface area contributed by atoms with Crippen LogP contribution >= 0.6 is 0 Å². The van der Waals surface area contributed by atoms with Crippen LogP contribution in [-0.2, 0) is 30.6 Å². The van der Waals surface area contributed by atoms with Crippen LogP contribution in [0.2, 0.25) is 0 Å². The molecular formula is C17H23NO6S. The van der Waals surface area contributed by atoms with E-state index in [4.69, 9.17) is 9.47 Å². The van der Waals surface area contributed by atoms with Gasteiger partial charge in [-0.15, -0.1) is 0 Å². The Balaban J connectivity index is 1.61. The molecule has 1 aliphatic rings. The number of methoxy groups -OCH3 is 1. The van der Waals surface area contributed by atoms with E-state index in [1.165, 1.54) is 0 Å². The predicted molar refractivity (Wildman–Crippen MR) is 92.0 cm³/mol. The normalized spacial score (nSPS) is 18.5. The van der Waals surface area contributed by atoms with Crippen LogP contribution in [0, 0.1) is 5.92 Å². The largest absolute Gasteiger partial charge is 0.497 e. The minimum absolute atomic E-state index is 0.0240. The summed E-state index contributed by atoms with van der Waals surface area (Å²) in [6, 6.07) is 7.53. The topological polar surface area (TPSA) is 98.8 Å². The number of nitrogens with one attached hydrogen (secondary N) is 1. The summed E-state index contributed by atoms with van der Waals surface area (Å²) in [7, 11) is -1.41. The molecule has 0 aliphatic carbocycles. The lowest BCUT2D eigenvalue weighted by atomic mass is 10.1. The maximum Gasteiger partial charge on any atom is 0.306 e. The van der Waals surface area contributed by atoms with Gasteiger partial charge in [-0.3, -0.25) is 9.59 Å². The molecule has 1 saturated heterocycles. The number of hydrogen-bond acceptors (Lipinski definition) is 6. The monoisotopic (exact) mass is 369 g/mol. The summed E-state index contributed by atoms with van der Waals surface area (Å²) in [4.78, 5) is 23.3. The lowest BCUT2D eigenvalue weighted by molar-refractivity contribution is -0.149. The predicted octanol–water partition coefficient (Wildman–Crippen LogP) is 0.722. The molecule has 2 rings (SSSR count). The molecule has 1 heterocycles. The van der Waals surface area contributed by atoms with Crippen molar-refractivity contribution in [2.45, 2.75) is 19.3 Å². The fraction of sp³-hybridized carbons (Fsp3) is 0.529. The molecule has 8 heteroatoms. The number of carbonyl (C=O) groups excluding carboxylic acids is 2. The van der Waals surface area contributed by atoms with Crippen molar-refractivity contribution in [1.82, 2.24) is 5.32 Å². The van der Waals surface area contributed by atoms with E-state index in [1.54, 1.807) is 7.11 Å². The summed E-state index contributed by atoms with van der Waals surface area (Å²) in [5, 5.41) is 2.68. The Labute approximate surface area is 147 Å². The zero-order valence-electron chi connectivity index (χ0n) is 14.2. The van der Waals surface area contributed by atoms with Crippen LogP contribution in [0.5, 0.6) is 5.75 Å². The number of amides is 1. The van der Waals surface area contributed by atoms with E-state index in [0.29, 0.717) is 19.4 Å². The van der Waals surface area contributed by atoms with Crippen molar-refractivity contribution in [2.24, 2.45) is 5.92 Å². The van der Waals surface area contributed by atoms with Gasteiger partial charge in [-0.05, 0) is 36.5 Å². The van der Waals surface area contributed by atoms with Crippen LogP contribution in [-0.4, -0.2) is 52.1 Å². The second kappa shape index (κ2) is 8.84. The maximum absolute atomic E-state index is 11.7. The van der Waals surface area contributed by atoms with Crippen LogP contribution in [0.1, 0.15) is 18.4 Å². The van der Waals surface area contributed by atoms with E-state index in [-0.39, 0.29) is 36.4 Å². The third-order valence-corrected chi connectivity index (χ3v) is 5.88. The molecule has 1 N–H and O–H groups in total. The van der Waals surface area contributed by atoms with Crippen LogP contribution in [0.25, 0.3) is 0 Å². The van der Waals surface area contributed by atoms with Gasteiger partial charge in [0.2, 0.25) is 0 Å². The molecule has 1 aromatic rings. The highest BCUT2D eigenvalue weighted by atomic mass is 32.2. The SMILES string of the molecule is COc1ccc(CCNC(=O)COC(=O)C[C@H]2CCS(=O)(=O)C2)cc1. The second-order valence-corrected chi connectivity index (χ2v) is 8.31. The number of esters is 1. The molecule has 0 bridgehead atoms. The minimum Gasteiger partial charge on any atom is -0.497 e. The molecular weight excluding hydrogens is 346 g/mol. The van der Waals surface area contributed by atoms with Gasteiger partial charge >= 0.3 is 5.97 Å². The van der Waals surface area contributed by atoms with Crippen molar-refractivity contribution < 1.29 is 27.5 Å². The van der Waals surface area contributed by atoms with Crippen molar-refractivity contribution in [2.75, 3.05) is 31.8 Å². The smallest absolute Gasteiger partial charge is 0.306 e. The van der Waals surface area contributed by atoms with E-state index < -0.39 is 15.8 Å². The summed E-state index contributed by atoms with van der Waals surface area (Å²) >= 11 is 0. The van der Waals surface area contributed by atoms with E-state index in [0.717, 1.165) is 11.3 Å². The van der Waals surface area contributed by atoms with Crippen LogP contribution in [0.4, 0.5) is 0 Å². The lowest BCUT2D eigenvalue weighted by Crippen LogP contribution is -2.30. The van der Waals surface area contributed by atoms with Crippen molar-refractivity contribution in [3.63, 3.8) is 0 Å². The molecule has 0 unspecified atom stereocenters. The molecule has 0 spiro atoms. The Morgan fingerprint density at radius 3 is 2.56 bits per heavy atom. The summed E-state index contributed by atoms with van der Waals surface area (Å²) in [6.07, 6.45) is 1.17. The zero-order chi connectivity index (χ0) is 18.3. The summed E-state index contributed by atoms with van der Waals surface area (Å²) in [6.45, 7) is 0.0878. The number of hydrogen-bond donors (Lipinski definition) is 1. The zero-order valence-corrected chi connectivity index (χ0v) is 15.0. The molecule has 0 aromatic heterocycles. The quantitative estimate of drug-likeness (QED) is 0.678. The Morgan fingerprint density at radius 2 is 1.96 bits per heavy atom. The third kappa shape index (κ3) is 6.74. The van der Waals surface area contributed by atoms with E-state index in [2.05, 4.69) is 5.32 Å². The van der Waals surface area contributed by atoms with Crippen LogP contribution < -0.4 is 10.1 Å².